The zero-order chi connectivity index (χ0) is 26.5. The number of fused-ring (bicyclic) bond motifs is 2. The van der Waals surface area contributed by atoms with Gasteiger partial charge in [-0.2, -0.15) is 0 Å². The fourth-order valence-electron chi connectivity index (χ4n) is 4.21. The molecule has 0 fully saturated rings. The molecule has 0 N–H and O–H groups in total. The molecule has 7 heteroatoms. The summed E-state index contributed by atoms with van der Waals surface area (Å²) in [5.74, 6) is 2.19. The van der Waals surface area contributed by atoms with Crippen molar-refractivity contribution in [1.29, 1.82) is 0 Å². The van der Waals surface area contributed by atoms with Crippen LogP contribution in [0, 0.1) is 0 Å². The van der Waals surface area contributed by atoms with Gasteiger partial charge in [-0.15, -0.1) is 70.1 Å². The summed E-state index contributed by atoms with van der Waals surface area (Å²) in [6.07, 6.45) is 1.87. The molecule has 0 spiro atoms. The quantitative estimate of drug-likeness (QED) is 0.218. The second-order valence-corrected chi connectivity index (χ2v) is 22.8. The Morgan fingerprint density at radius 3 is 1.21 bits per heavy atom. The third kappa shape index (κ3) is 7.52. The zero-order valence-electron chi connectivity index (χ0n) is 25.3. The van der Waals surface area contributed by atoms with Crippen molar-refractivity contribution >= 4 is 38.2 Å². The molecule has 0 saturated heterocycles. The van der Waals surface area contributed by atoms with Gasteiger partial charge in [-0.25, -0.2) is 0 Å². The van der Waals surface area contributed by atoms with Gasteiger partial charge < -0.3 is 33.7 Å². The van der Waals surface area contributed by atoms with Crippen LogP contribution in [0.4, 0.5) is 0 Å². The third-order valence-corrected chi connectivity index (χ3v) is 17.3. The maximum absolute atomic E-state index is 6.97. The van der Waals surface area contributed by atoms with Gasteiger partial charge in [0.05, 0.1) is 0 Å². The first-order valence-corrected chi connectivity index (χ1v) is 19.1. The molecular formula is C32H44Cl2O2Si2Zr. The molecule has 210 valence electrons. The van der Waals surface area contributed by atoms with Crippen molar-refractivity contribution in [3.63, 3.8) is 0 Å². The SMILES string of the molecule is CC(C)(C)[Si](C)(C)Oc1c(CCc2[cH-]c3ccccc3c2O[Si](C)(C)C(C)(C)C)[cH-]c2ccccc12.[Cl-].[Cl-].[Zr+4]. The molecule has 0 radical (unpaired) electrons. The largest absolute Gasteiger partial charge is 4.00 e. The normalized spacial score (nSPS) is 12.5. The van der Waals surface area contributed by atoms with Gasteiger partial charge in [-0.3, -0.25) is 0 Å². The molecule has 4 rings (SSSR count). The number of rotatable bonds is 7. The van der Waals surface area contributed by atoms with Crippen LogP contribution in [0.15, 0.2) is 60.7 Å². The van der Waals surface area contributed by atoms with Crippen LogP contribution in [0.3, 0.4) is 0 Å². The topological polar surface area (TPSA) is 18.5 Å². The van der Waals surface area contributed by atoms with Crippen molar-refractivity contribution in [3.05, 3.63) is 71.8 Å². The van der Waals surface area contributed by atoms with Crippen molar-refractivity contribution in [1.82, 2.24) is 0 Å². The van der Waals surface area contributed by atoms with E-state index in [-0.39, 0.29) is 61.1 Å². The number of halogens is 2. The smallest absolute Gasteiger partial charge is 1.00 e. The van der Waals surface area contributed by atoms with Crippen molar-refractivity contribution in [2.45, 2.75) is 90.6 Å². The van der Waals surface area contributed by atoms with E-state index in [0.717, 1.165) is 24.3 Å². The summed E-state index contributed by atoms with van der Waals surface area (Å²) in [4.78, 5) is 0. The zero-order valence-corrected chi connectivity index (χ0v) is 31.2. The molecule has 4 aromatic carbocycles. The van der Waals surface area contributed by atoms with Crippen molar-refractivity contribution in [2.24, 2.45) is 0 Å². The van der Waals surface area contributed by atoms with Gasteiger partial charge in [0.15, 0.2) is 0 Å². The van der Waals surface area contributed by atoms with E-state index in [1.165, 1.54) is 32.7 Å². The first-order chi connectivity index (χ1) is 16.6. The Bertz CT molecular complexity index is 1270. The second-order valence-electron chi connectivity index (χ2n) is 13.4. The molecule has 0 amide bonds. The van der Waals surface area contributed by atoms with Gasteiger partial charge in [0.2, 0.25) is 16.6 Å². The molecule has 0 aliphatic rings. The van der Waals surface area contributed by atoms with Gasteiger partial charge in [-0.05, 0) is 60.6 Å². The number of hydrogen-bond donors (Lipinski definition) is 0. The maximum Gasteiger partial charge on any atom is 4.00 e. The van der Waals surface area contributed by atoms with Crippen LogP contribution in [-0.2, 0) is 39.0 Å². The Labute approximate surface area is 270 Å². The van der Waals surface area contributed by atoms with E-state index in [0.29, 0.717) is 0 Å². The molecule has 4 aromatic rings. The summed E-state index contributed by atoms with van der Waals surface area (Å²) in [6.45, 7) is 23.2. The first-order valence-electron chi connectivity index (χ1n) is 13.3. The fraction of sp³-hybridized carbons (Fsp3) is 0.438. The number of benzene rings is 2. The molecule has 0 bridgehead atoms. The van der Waals surface area contributed by atoms with Crippen LogP contribution in [0.2, 0.25) is 36.3 Å². The predicted octanol–water partition coefficient (Wildman–Crippen LogP) is 3.99. The van der Waals surface area contributed by atoms with E-state index >= 15 is 0 Å². The minimum atomic E-state index is -1.98. The van der Waals surface area contributed by atoms with E-state index in [1.54, 1.807) is 0 Å². The summed E-state index contributed by atoms with van der Waals surface area (Å²) in [5.41, 5.74) is 2.62. The van der Waals surface area contributed by atoms with Crippen molar-refractivity contribution < 1.29 is 59.9 Å². The van der Waals surface area contributed by atoms with Crippen LogP contribution in [-0.4, -0.2) is 16.6 Å². The van der Waals surface area contributed by atoms with Crippen LogP contribution in [0.1, 0.15) is 52.7 Å². The van der Waals surface area contributed by atoms with E-state index < -0.39 is 16.6 Å². The van der Waals surface area contributed by atoms with Gasteiger partial charge >= 0.3 is 26.2 Å². The molecule has 0 unspecified atom stereocenters. The maximum atomic E-state index is 6.97. The average Bonchev–Trinajstić information content (AvgIpc) is 3.28. The van der Waals surface area contributed by atoms with E-state index in [4.69, 9.17) is 8.85 Å². The van der Waals surface area contributed by atoms with Gasteiger partial charge in [0.1, 0.15) is 0 Å². The minimum absolute atomic E-state index is 0. The number of hydrogen-bond acceptors (Lipinski definition) is 2. The molecule has 0 heterocycles. The summed E-state index contributed by atoms with van der Waals surface area (Å²) < 4.78 is 13.9. The Hall–Kier alpha value is -0.843. The van der Waals surface area contributed by atoms with Crippen LogP contribution >= 0.6 is 0 Å². The monoisotopic (exact) mass is 676 g/mol. The summed E-state index contributed by atoms with van der Waals surface area (Å²) in [7, 11) is -3.95. The van der Waals surface area contributed by atoms with E-state index in [9.17, 15) is 0 Å². The first kappa shape index (κ1) is 36.2. The molecule has 0 saturated carbocycles. The van der Waals surface area contributed by atoms with Crippen LogP contribution < -0.4 is 33.7 Å². The third-order valence-electron chi connectivity index (χ3n) is 8.64. The van der Waals surface area contributed by atoms with E-state index in [1.807, 2.05) is 0 Å². The van der Waals surface area contributed by atoms with Crippen molar-refractivity contribution in [3.8, 4) is 11.5 Å². The fourth-order valence-corrected chi connectivity index (χ4v) is 6.33. The molecule has 0 aromatic heterocycles. The van der Waals surface area contributed by atoms with Gasteiger partial charge in [0.25, 0.3) is 0 Å². The predicted molar refractivity (Wildman–Crippen MR) is 162 cm³/mol. The Balaban J connectivity index is 0.00000253. The van der Waals surface area contributed by atoms with Gasteiger partial charge in [-0.1, -0.05) is 64.8 Å². The average molecular weight is 679 g/mol. The molecule has 39 heavy (non-hydrogen) atoms. The summed E-state index contributed by atoms with van der Waals surface area (Å²) in [6, 6.07) is 22.0. The molecule has 0 aliphatic heterocycles. The Kier molecular flexibility index (Phi) is 12.0. The molecule has 2 nitrogen and oxygen atoms in total. The van der Waals surface area contributed by atoms with Crippen molar-refractivity contribution in [2.75, 3.05) is 0 Å². The van der Waals surface area contributed by atoms with Crippen LogP contribution in [0.25, 0.3) is 21.5 Å². The van der Waals surface area contributed by atoms with E-state index in [2.05, 4.69) is 128 Å². The van der Waals surface area contributed by atoms with Gasteiger partial charge in [0, 0.05) is 0 Å². The molecular weight excluding hydrogens is 635 g/mol. The molecule has 0 atom stereocenters. The second kappa shape index (κ2) is 13.0. The van der Waals surface area contributed by atoms with Crippen LogP contribution in [0.5, 0.6) is 11.5 Å². The summed E-state index contributed by atoms with van der Waals surface area (Å²) >= 11 is 0. The standard InChI is InChI=1S/C32H44O2Si2.2ClH.Zr/c1-31(2,3)35(7,8)33-29-25(21-23-15-11-13-17-27(23)29)19-20-26-22-24-16-12-14-18-28(24)30(26)34-36(9,10)32(4,5)6;;;/h11-18,21-22H,19-20H2,1-10H3;2*1H;/q-2;;;+4/p-2. The summed E-state index contributed by atoms with van der Waals surface area (Å²) in [5, 5.41) is 5.32. The Morgan fingerprint density at radius 1 is 0.590 bits per heavy atom. The molecule has 0 aliphatic carbocycles. The minimum Gasteiger partial charge on any atom is -1.00 e. The Morgan fingerprint density at radius 2 is 0.897 bits per heavy atom. The number of aryl methyl sites for hydroxylation is 2.